The lowest BCUT2D eigenvalue weighted by molar-refractivity contribution is -0.138. The van der Waals surface area contributed by atoms with E-state index in [0.29, 0.717) is 24.9 Å². The fourth-order valence-electron chi connectivity index (χ4n) is 1.25. The second-order valence-corrected chi connectivity index (χ2v) is 3.58. The summed E-state index contributed by atoms with van der Waals surface area (Å²) in [5, 5.41) is 11.2. The van der Waals surface area contributed by atoms with Gasteiger partial charge in [-0.15, -0.1) is 0 Å². The van der Waals surface area contributed by atoms with Crippen LogP contribution in [0.1, 0.15) is 23.2 Å². The zero-order valence-electron chi connectivity index (χ0n) is 9.30. The van der Waals surface area contributed by atoms with Gasteiger partial charge in [0.25, 0.3) is 5.91 Å². The predicted octanol–water partition coefficient (Wildman–Crippen LogP) is 0.00350. The van der Waals surface area contributed by atoms with E-state index in [-0.39, 0.29) is 5.91 Å². The number of rotatable bonds is 6. The third-order valence-corrected chi connectivity index (χ3v) is 2.22. The van der Waals surface area contributed by atoms with Gasteiger partial charge in [0.15, 0.2) is 0 Å². The lowest BCUT2D eigenvalue weighted by Crippen LogP contribution is -2.32. The molecule has 0 bridgehead atoms. The van der Waals surface area contributed by atoms with Crippen LogP contribution in [0, 0.1) is 0 Å². The molecular weight excluding hydrogens is 222 g/mol. The third-order valence-electron chi connectivity index (χ3n) is 2.22. The van der Waals surface area contributed by atoms with E-state index in [2.05, 4.69) is 10.3 Å². The molecule has 1 heterocycles. The Morgan fingerprint density at radius 2 is 2.29 bits per heavy atom. The Kier molecular flexibility index (Phi) is 5.09. The number of carboxylic acid groups (broad SMARTS) is 1. The molecule has 0 saturated heterocycles. The van der Waals surface area contributed by atoms with Gasteiger partial charge < -0.3 is 16.2 Å². The van der Waals surface area contributed by atoms with Gasteiger partial charge in [-0.25, -0.2) is 0 Å². The number of amides is 1. The maximum absolute atomic E-state index is 11.5. The molecule has 4 N–H and O–H groups in total. The molecule has 92 valence electrons. The first-order chi connectivity index (χ1) is 8.11. The van der Waals surface area contributed by atoms with E-state index in [1.54, 1.807) is 18.3 Å². The maximum Gasteiger partial charge on any atom is 0.320 e. The molecule has 0 aromatic carbocycles. The highest BCUT2D eigenvalue weighted by atomic mass is 16.4. The summed E-state index contributed by atoms with van der Waals surface area (Å²) >= 11 is 0. The molecule has 1 aromatic heterocycles. The van der Waals surface area contributed by atoms with E-state index < -0.39 is 12.0 Å². The van der Waals surface area contributed by atoms with E-state index in [0.717, 1.165) is 0 Å². The van der Waals surface area contributed by atoms with Crippen LogP contribution < -0.4 is 11.1 Å². The van der Waals surface area contributed by atoms with E-state index in [9.17, 15) is 9.59 Å². The summed E-state index contributed by atoms with van der Waals surface area (Å²) in [5.74, 6) is -1.24. The highest BCUT2D eigenvalue weighted by Crippen LogP contribution is 1.97. The molecule has 17 heavy (non-hydrogen) atoms. The van der Waals surface area contributed by atoms with E-state index in [4.69, 9.17) is 10.8 Å². The van der Waals surface area contributed by atoms with Crippen molar-refractivity contribution in [3.05, 3.63) is 30.1 Å². The normalized spacial score (nSPS) is 11.8. The van der Waals surface area contributed by atoms with Crippen molar-refractivity contribution in [2.24, 2.45) is 5.73 Å². The molecule has 1 atom stereocenters. The fraction of sp³-hybridized carbons (Fsp3) is 0.364. The minimum atomic E-state index is -1.02. The minimum Gasteiger partial charge on any atom is -0.480 e. The molecule has 0 radical (unpaired) electrons. The van der Waals surface area contributed by atoms with Gasteiger partial charge in [0.1, 0.15) is 6.04 Å². The topological polar surface area (TPSA) is 105 Å². The first-order valence-corrected chi connectivity index (χ1v) is 5.28. The second kappa shape index (κ2) is 6.59. The number of aliphatic carboxylic acids is 1. The average Bonchev–Trinajstić information content (AvgIpc) is 2.35. The third kappa shape index (κ3) is 4.60. The lowest BCUT2D eigenvalue weighted by Gasteiger charge is -2.07. The molecule has 1 aromatic rings. The van der Waals surface area contributed by atoms with Gasteiger partial charge >= 0.3 is 5.97 Å². The van der Waals surface area contributed by atoms with E-state index in [1.165, 1.54) is 6.20 Å². The zero-order valence-corrected chi connectivity index (χ0v) is 9.30. The van der Waals surface area contributed by atoms with E-state index >= 15 is 0 Å². The van der Waals surface area contributed by atoms with Crippen molar-refractivity contribution in [3.63, 3.8) is 0 Å². The summed E-state index contributed by atoms with van der Waals surface area (Å²) in [7, 11) is 0. The number of aromatic nitrogens is 1. The summed E-state index contributed by atoms with van der Waals surface area (Å²) in [4.78, 5) is 25.8. The molecule has 0 aliphatic rings. The Balaban J connectivity index is 2.24. The SMILES string of the molecule is N[C@@H](CCCNC(=O)c1cccnc1)C(=O)O. The van der Waals surface area contributed by atoms with Crippen LogP contribution in [0.2, 0.25) is 0 Å². The summed E-state index contributed by atoms with van der Waals surface area (Å²) in [6.07, 6.45) is 3.92. The Hall–Kier alpha value is -1.95. The largest absolute Gasteiger partial charge is 0.480 e. The summed E-state index contributed by atoms with van der Waals surface area (Å²) < 4.78 is 0. The highest BCUT2D eigenvalue weighted by molar-refractivity contribution is 5.93. The van der Waals surface area contributed by atoms with Gasteiger partial charge in [0, 0.05) is 18.9 Å². The predicted molar refractivity (Wildman–Crippen MR) is 61.4 cm³/mol. The van der Waals surface area contributed by atoms with Crippen LogP contribution in [0.15, 0.2) is 24.5 Å². The Morgan fingerprint density at radius 3 is 2.88 bits per heavy atom. The number of nitrogens with zero attached hydrogens (tertiary/aromatic N) is 1. The molecule has 0 aliphatic heterocycles. The molecule has 6 heteroatoms. The second-order valence-electron chi connectivity index (χ2n) is 3.58. The average molecular weight is 237 g/mol. The minimum absolute atomic E-state index is 0.220. The smallest absolute Gasteiger partial charge is 0.320 e. The molecule has 0 aliphatic carbocycles. The fourth-order valence-corrected chi connectivity index (χ4v) is 1.25. The van der Waals surface area contributed by atoms with Gasteiger partial charge in [0.05, 0.1) is 5.56 Å². The Labute approximate surface area is 98.8 Å². The molecular formula is C11H15N3O3. The number of nitrogens with two attached hydrogens (primary N) is 1. The van der Waals surface area contributed by atoms with Gasteiger partial charge in [-0.3, -0.25) is 14.6 Å². The number of hydrogen-bond donors (Lipinski definition) is 3. The van der Waals surface area contributed by atoms with E-state index in [1.807, 2.05) is 0 Å². The maximum atomic E-state index is 11.5. The van der Waals surface area contributed by atoms with Gasteiger partial charge in [-0.1, -0.05) is 0 Å². The van der Waals surface area contributed by atoms with Crippen molar-refractivity contribution in [1.29, 1.82) is 0 Å². The van der Waals surface area contributed by atoms with Crippen LogP contribution in [0.25, 0.3) is 0 Å². The van der Waals surface area contributed by atoms with Gasteiger partial charge in [0.2, 0.25) is 0 Å². The number of pyridine rings is 1. The van der Waals surface area contributed by atoms with Crippen LogP contribution >= 0.6 is 0 Å². The quantitative estimate of drug-likeness (QED) is 0.604. The molecule has 1 rings (SSSR count). The molecule has 1 amide bonds. The highest BCUT2D eigenvalue weighted by Gasteiger charge is 2.10. The standard InChI is InChI=1S/C11H15N3O3/c12-9(11(16)17)4-2-6-14-10(15)8-3-1-5-13-7-8/h1,3,5,7,9H,2,4,6,12H2,(H,14,15)(H,16,17)/t9-/m0/s1. The van der Waals surface area contributed by atoms with Crippen molar-refractivity contribution in [1.82, 2.24) is 10.3 Å². The van der Waals surface area contributed by atoms with Crippen LogP contribution in [-0.2, 0) is 4.79 Å². The van der Waals surface area contributed by atoms with Crippen LogP contribution in [0.4, 0.5) is 0 Å². The number of carbonyl (C=O) groups is 2. The molecule has 0 unspecified atom stereocenters. The number of carbonyl (C=O) groups excluding carboxylic acids is 1. The van der Waals surface area contributed by atoms with Crippen LogP contribution in [0.5, 0.6) is 0 Å². The molecule has 6 nitrogen and oxygen atoms in total. The van der Waals surface area contributed by atoms with Crippen molar-refractivity contribution < 1.29 is 14.7 Å². The lowest BCUT2D eigenvalue weighted by atomic mass is 10.1. The molecule has 0 spiro atoms. The molecule has 0 saturated carbocycles. The number of carboxylic acids is 1. The Morgan fingerprint density at radius 1 is 1.53 bits per heavy atom. The monoisotopic (exact) mass is 237 g/mol. The number of hydrogen-bond acceptors (Lipinski definition) is 4. The summed E-state index contributed by atoms with van der Waals surface area (Å²) in [6, 6.07) is 2.46. The summed E-state index contributed by atoms with van der Waals surface area (Å²) in [6.45, 7) is 0.398. The number of nitrogens with one attached hydrogen (secondary N) is 1. The molecule has 0 fully saturated rings. The first-order valence-electron chi connectivity index (χ1n) is 5.28. The van der Waals surface area contributed by atoms with Crippen molar-refractivity contribution >= 4 is 11.9 Å². The Bertz CT molecular complexity index is 381. The van der Waals surface area contributed by atoms with Crippen molar-refractivity contribution in [2.45, 2.75) is 18.9 Å². The summed E-state index contributed by atoms with van der Waals surface area (Å²) in [5.41, 5.74) is 5.80. The zero-order chi connectivity index (χ0) is 12.7. The van der Waals surface area contributed by atoms with Gasteiger partial charge in [-0.2, -0.15) is 0 Å². The first kappa shape index (κ1) is 13.1. The van der Waals surface area contributed by atoms with Crippen molar-refractivity contribution in [2.75, 3.05) is 6.54 Å². The van der Waals surface area contributed by atoms with Crippen LogP contribution in [-0.4, -0.2) is 34.6 Å². The van der Waals surface area contributed by atoms with Crippen LogP contribution in [0.3, 0.4) is 0 Å². The van der Waals surface area contributed by atoms with Crippen molar-refractivity contribution in [3.8, 4) is 0 Å². The van der Waals surface area contributed by atoms with Gasteiger partial charge in [-0.05, 0) is 25.0 Å².